The van der Waals surface area contributed by atoms with Crippen molar-refractivity contribution in [1.82, 2.24) is 19.4 Å². The van der Waals surface area contributed by atoms with Gasteiger partial charge in [-0.15, -0.1) is 0 Å². The van der Waals surface area contributed by atoms with Gasteiger partial charge in [-0.05, 0) is 12.1 Å². The maximum absolute atomic E-state index is 12.5. The van der Waals surface area contributed by atoms with Gasteiger partial charge in [0, 0.05) is 31.0 Å². The molecule has 104 valence electrons. The molecule has 1 amide bonds. The molecule has 0 aliphatic carbocycles. The zero-order valence-electron chi connectivity index (χ0n) is 10.6. The second-order valence-corrected chi connectivity index (χ2v) is 4.86. The Balaban J connectivity index is 1.85. The molecule has 3 heterocycles. The van der Waals surface area contributed by atoms with Gasteiger partial charge in [0.15, 0.2) is 0 Å². The van der Waals surface area contributed by atoms with Crippen molar-refractivity contribution in [3.63, 3.8) is 0 Å². The number of hydrogen-bond acceptors (Lipinski definition) is 5. The van der Waals surface area contributed by atoms with Crippen molar-refractivity contribution in [3.05, 3.63) is 41.1 Å². The first kappa shape index (κ1) is 12.9. The van der Waals surface area contributed by atoms with Crippen LogP contribution in [-0.4, -0.2) is 31.9 Å². The molecule has 0 spiro atoms. The number of nitrogens with two attached hydrogens (primary N) is 1. The van der Waals surface area contributed by atoms with Crippen molar-refractivity contribution >= 4 is 23.3 Å². The fourth-order valence-corrected chi connectivity index (χ4v) is 2.43. The summed E-state index contributed by atoms with van der Waals surface area (Å²) in [5.41, 5.74) is 2.85. The van der Waals surface area contributed by atoms with E-state index in [1.807, 2.05) is 10.8 Å². The van der Waals surface area contributed by atoms with E-state index in [9.17, 15) is 4.79 Å². The van der Waals surface area contributed by atoms with E-state index in [1.165, 1.54) is 6.07 Å². The Morgan fingerprint density at radius 1 is 1.40 bits per heavy atom. The Labute approximate surface area is 120 Å². The minimum absolute atomic E-state index is 0.111. The van der Waals surface area contributed by atoms with Crippen molar-refractivity contribution in [2.24, 2.45) is 5.84 Å². The number of imidazole rings is 1. The fourth-order valence-electron chi connectivity index (χ4n) is 2.22. The molecule has 8 heteroatoms. The Morgan fingerprint density at radius 2 is 2.25 bits per heavy atom. The second-order valence-electron chi connectivity index (χ2n) is 4.47. The van der Waals surface area contributed by atoms with E-state index in [0.717, 1.165) is 12.4 Å². The predicted molar refractivity (Wildman–Crippen MR) is 74.0 cm³/mol. The molecular weight excluding hydrogens is 280 g/mol. The SMILES string of the molecule is NNc1cc(C(=O)N2CCn3ccnc3C2)cc(Cl)n1. The van der Waals surface area contributed by atoms with Crippen molar-refractivity contribution in [2.75, 3.05) is 12.0 Å². The van der Waals surface area contributed by atoms with Crippen LogP contribution >= 0.6 is 11.6 Å². The molecule has 2 aromatic rings. The Hall–Kier alpha value is -2.12. The van der Waals surface area contributed by atoms with Crippen molar-refractivity contribution < 1.29 is 4.79 Å². The van der Waals surface area contributed by atoms with Gasteiger partial charge in [0.1, 0.15) is 16.8 Å². The highest BCUT2D eigenvalue weighted by molar-refractivity contribution is 6.29. The molecule has 0 fully saturated rings. The lowest BCUT2D eigenvalue weighted by atomic mass is 10.2. The van der Waals surface area contributed by atoms with Crippen molar-refractivity contribution in [1.29, 1.82) is 0 Å². The number of halogens is 1. The molecule has 0 aromatic carbocycles. The summed E-state index contributed by atoms with van der Waals surface area (Å²) < 4.78 is 2.04. The standard InChI is InChI=1S/C12H13ClN6O/c13-9-5-8(6-10(16-9)17-14)12(20)19-4-3-18-2-1-15-11(18)7-19/h1-2,5-6H,3-4,7,14H2,(H,16,17). The third-order valence-electron chi connectivity index (χ3n) is 3.22. The molecule has 0 saturated carbocycles. The van der Waals surface area contributed by atoms with E-state index in [2.05, 4.69) is 15.4 Å². The number of anilines is 1. The number of hydrogen-bond donors (Lipinski definition) is 2. The number of pyridine rings is 1. The molecule has 2 aromatic heterocycles. The van der Waals surface area contributed by atoms with E-state index in [-0.39, 0.29) is 11.1 Å². The van der Waals surface area contributed by atoms with Crippen LogP contribution in [0.25, 0.3) is 0 Å². The van der Waals surface area contributed by atoms with E-state index in [4.69, 9.17) is 17.4 Å². The number of rotatable bonds is 2. The van der Waals surface area contributed by atoms with Crippen LogP contribution in [0.4, 0.5) is 5.82 Å². The van der Waals surface area contributed by atoms with Crippen molar-refractivity contribution in [3.8, 4) is 0 Å². The summed E-state index contributed by atoms with van der Waals surface area (Å²) >= 11 is 5.88. The minimum Gasteiger partial charge on any atom is -0.332 e. The first-order chi connectivity index (χ1) is 9.67. The van der Waals surface area contributed by atoms with Crippen LogP contribution in [0.15, 0.2) is 24.5 Å². The summed E-state index contributed by atoms with van der Waals surface area (Å²) in [4.78, 5) is 22.4. The molecule has 0 unspecified atom stereocenters. The lowest BCUT2D eigenvalue weighted by Gasteiger charge is -2.27. The zero-order valence-corrected chi connectivity index (χ0v) is 11.3. The third-order valence-corrected chi connectivity index (χ3v) is 3.41. The summed E-state index contributed by atoms with van der Waals surface area (Å²) in [6.45, 7) is 1.85. The summed E-state index contributed by atoms with van der Waals surface area (Å²) in [5, 5.41) is 0.224. The molecular formula is C12H13ClN6O. The monoisotopic (exact) mass is 292 g/mol. The largest absolute Gasteiger partial charge is 0.332 e. The van der Waals surface area contributed by atoms with Crippen LogP contribution in [0.3, 0.4) is 0 Å². The van der Waals surface area contributed by atoms with Crippen LogP contribution < -0.4 is 11.3 Å². The number of fused-ring (bicyclic) bond motifs is 1. The minimum atomic E-state index is -0.111. The van der Waals surface area contributed by atoms with Gasteiger partial charge >= 0.3 is 0 Å². The van der Waals surface area contributed by atoms with Gasteiger partial charge in [0.25, 0.3) is 5.91 Å². The Kier molecular flexibility index (Phi) is 3.29. The number of carbonyl (C=O) groups excluding carboxylic acids is 1. The number of aromatic nitrogens is 3. The van der Waals surface area contributed by atoms with Gasteiger partial charge in [-0.3, -0.25) is 4.79 Å². The van der Waals surface area contributed by atoms with Gasteiger partial charge in [-0.25, -0.2) is 15.8 Å². The Morgan fingerprint density at radius 3 is 3.05 bits per heavy atom. The molecule has 0 saturated heterocycles. The first-order valence-electron chi connectivity index (χ1n) is 6.11. The van der Waals surface area contributed by atoms with Crippen molar-refractivity contribution in [2.45, 2.75) is 13.1 Å². The van der Waals surface area contributed by atoms with Crippen LogP contribution in [0.2, 0.25) is 5.15 Å². The molecule has 3 rings (SSSR count). The highest BCUT2D eigenvalue weighted by atomic mass is 35.5. The molecule has 0 bridgehead atoms. The lowest BCUT2D eigenvalue weighted by molar-refractivity contribution is 0.0707. The summed E-state index contributed by atoms with van der Waals surface area (Å²) in [6.07, 6.45) is 3.65. The van der Waals surface area contributed by atoms with E-state index in [0.29, 0.717) is 24.5 Å². The Bertz CT molecular complexity index is 655. The quantitative estimate of drug-likeness (QED) is 0.487. The third kappa shape index (κ3) is 2.33. The highest BCUT2D eigenvalue weighted by Crippen LogP contribution is 2.18. The zero-order chi connectivity index (χ0) is 14.1. The van der Waals surface area contributed by atoms with Crippen LogP contribution in [-0.2, 0) is 13.1 Å². The molecule has 0 atom stereocenters. The number of nitrogens with zero attached hydrogens (tertiary/aromatic N) is 4. The summed E-state index contributed by atoms with van der Waals surface area (Å²) in [6, 6.07) is 3.11. The number of hydrazine groups is 1. The van der Waals surface area contributed by atoms with Crippen LogP contribution in [0, 0.1) is 0 Å². The van der Waals surface area contributed by atoms with E-state index < -0.39 is 0 Å². The number of amides is 1. The average molecular weight is 293 g/mol. The highest BCUT2D eigenvalue weighted by Gasteiger charge is 2.23. The number of nitrogens with one attached hydrogen (secondary N) is 1. The predicted octanol–water partition coefficient (Wildman–Crippen LogP) is 0.873. The van der Waals surface area contributed by atoms with Gasteiger partial charge in [-0.1, -0.05) is 11.6 Å². The molecule has 3 N–H and O–H groups in total. The number of nitrogen functional groups attached to an aromatic ring is 1. The van der Waals surface area contributed by atoms with E-state index >= 15 is 0 Å². The lowest BCUT2D eigenvalue weighted by Crippen LogP contribution is -2.38. The topological polar surface area (TPSA) is 89.1 Å². The van der Waals surface area contributed by atoms with Gasteiger partial charge in [0.05, 0.1) is 6.54 Å². The van der Waals surface area contributed by atoms with Gasteiger partial charge < -0.3 is 14.9 Å². The second kappa shape index (κ2) is 5.10. The molecule has 20 heavy (non-hydrogen) atoms. The molecule has 7 nitrogen and oxygen atoms in total. The van der Waals surface area contributed by atoms with Gasteiger partial charge in [-0.2, -0.15) is 0 Å². The normalized spacial score (nSPS) is 14.0. The maximum Gasteiger partial charge on any atom is 0.254 e. The molecule has 0 radical (unpaired) electrons. The summed E-state index contributed by atoms with van der Waals surface area (Å²) in [7, 11) is 0. The van der Waals surface area contributed by atoms with Crippen LogP contribution in [0.5, 0.6) is 0 Å². The van der Waals surface area contributed by atoms with Gasteiger partial charge in [0.2, 0.25) is 0 Å². The van der Waals surface area contributed by atoms with E-state index in [1.54, 1.807) is 17.2 Å². The smallest absolute Gasteiger partial charge is 0.254 e. The summed E-state index contributed by atoms with van der Waals surface area (Å²) in [5.74, 6) is 6.43. The first-order valence-corrected chi connectivity index (χ1v) is 6.48. The maximum atomic E-state index is 12.5. The molecule has 1 aliphatic heterocycles. The van der Waals surface area contributed by atoms with Crippen LogP contribution in [0.1, 0.15) is 16.2 Å². The average Bonchev–Trinajstić information content (AvgIpc) is 2.93. The fraction of sp³-hybridized carbons (Fsp3) is 0.250. The molecule has 1 aliphatic rings. The number of carbonyl (C=O) groups is 1.